The Bertz CT molecular complexity index is 330. The van der Waals surface area contributed by atoms with Crippen molar-refractivity contribution in [2.45, 2.75) is 32.6 Å². The Hall–Kier alpha value is -1.10. The molecule has 0 aromatic rings. The monoisotopic (exact) mass is 267 g/mol. The van der Waals surface area contributed by atoms with Gasteiger partial charge in [0.15, 0.2) is 0 Å². The van der Waals surface area contributed by atoms with Crippen LogP contribution in [0.2, 0.25) is 0 Å². The molecule has 1 unspecified atom stereocenters. The van der Waals surface area contributed by atoms with E-state index in [0.717, 1.165) is 19.3 Å². The molecule has 2 rings (SSSR count). The minimum atomic E-state index is 0.191. The predicted molar refractivity (Wildman–Crippen MR) is 73.3 cm³/mol. The maximum atomic E-state index is 12.1. The van der Waals surface area contributed by atoms with Crippen LogP contribution in [-0.4, -0.2) is 54.3 Å². The molecule has 5 nitrogen and oxygen atoms in total. The molecule has 108 valence electrons. The van der Waals surface area contributed by atoms with E-state index in [1.165, 1.54) is 0 Å². The molecule has 2 amide bonds. The van der Waals surface area contributed by atoms with Gasteiger partial charge in [-0.2, -0.15) is 0 Å². The Kier molecular flexibility index (Phi) is 4.80. The molecule has 5 heteroatoms. The summed E-state index contributed by atoms with van der Waals surface area (Å²) in [4.78, 5) is 27.8. The molecule has 1 saturated heterocycles. The lowest BCUT2D eigenvalue weighted by atomic mass is 10.0. The van der Waals surface area contributed by atoms with Crippen LogP contribution in [0.25, 0.3) is 0 Å². The van der Waals surface area contributed by atoms with Gasteiger partial charge in [-0.25, -0.2) is 0 Å². The zero-order valence-corrected chi connectivity index (χ0v) is 11.8. The van der Waals surface area contributed by atoms with E-state index in [9.17, 15) is 9.59 Å². The van der Waals surface area contributed by atoms with E-state index in [4.69, 9.17) is 5.73 Å². The molecule has 2 N–H and O–H groups in total. The summed E-state index contributed by atoms with van der Waals surface area (Å²) in [7, 11) is 0. The van der Waals surface area contributed by atoms with Crippen LogP contribution in [-0.2, 0) is 9.59 Å². The van der Waals surface area contributed by atoms with Gasteiger partial charge in [-0.3, -0.25) is 9.59 Å². The number of hydrogen-bond acceptors (Lipinski definition) is 3. The first-order valence-electron chi connectivity index (χ1n) is 7.42. The number of hydrogen-bond donors (Lipinski definition) is 1. The van der Waals surface area contributed by atoms with Crippen molar-refractivity contribution in [3.8, 4) is 0 Å². The lowest BCUT2D eigenvalue weighted by Gasteiger charge is -2.35. The van der Waals surface area contributed by atoms with Gasteiger partial charge in [-0.05, 0) is 25.3 Å². The van der Waals surface area contributed by atoms with Crippen LogP contribution >= 0.6 is 0 Å². The molecular weight excluding hydrogens is 242 g/mol. The number of rotatable bonds is 5. The van der Waals surface area contributed by atoms with Crippen LogP contribution in [0.3, 0.4) is 0 Å². The molecule has 2 fully saturated rings. The second kappa shape index (κ2) is 6.37. The van der Waals surface area contributed by atoms with Crippen molar-refractivity contribution in [3.05, 3.63) is 0 Å². The van der Waals surface area contributed by atoms with Crippen LogP contribution in [0.1, 0.15) is 32.6 Å². The summed E-state index contributed by atoms with van der Waals surface area (Å²) in [5.74, 6) is 1.05. The van der Waals surface area contributed by atoms with E-state index in [0.29, 0.717) is 51.0 Å². The van der Waals surface area contributed by atoms with Crippen molar-refractivity contribution in [1.29, 1.82) is 0 Å². The number of carbonyl (C=O) groups is 2. The van der Waals surface area contributed by atoms with E-state index >= 15 is 0 Å². The second-order valence-corrected chi connectivity index (χ2v) is 5.69. The maximum Gasteiger partial charge on any atom is 0.225 e. The lowest BCUT2D eigenvalue weighted by molar-refractivity contribution is -0.140. The van der Waals surface area contributed by atoms with Gasteiger partial charge in [0.1, 0.15) is 0 Å². The Morgan fingerprint density at radius 3 is 2.21 bits per heavy atom. The van der Waals surface area contributed by atoms with E-state index in [1.807, 2.05) is 9.80 Å². The summed E-state index contributed by atoms with van der Waals surface area (Å²) in [6.45, 7) is 5.39. The average Bonchev–Trinajstić information content (AvgIpc) is 3.28. The van der Waals surface area contributed by atoms with Crippen LogP contribution in [0.15, 0.2) is 0 Å². The molecule has 0 aromatic carbocycles. The van der Waals surface area contributed by atoms with Crippen molar-refractivity contribution in [3.63, 3.8) is 0 Å². The second-order valence-electron chi connectivity index (χ2n) is 5.69. The number of carbonyl (C=O) groups excluding carboxylic acids is 2. The molecule has 0 spiro atoms. The Morgan fingerprint density at radius 1 is 1.16 bits per heavy atom. The van der Waals surface area contributed by atoms with Crippen molar-refractivity contribution in [2.75, 3.05) is 32.7 Å². The summed E-state index contributed by atoms with van der Waals surface area (Å²) in [6, 6.07) is 0. The first-order valence-corrected chi connectivity index (χ1v) is 7.42. The zero-order valence-electron chi connectivity index (χ0n) is 11.8. The standard InChI is InChI=1S/C14H25N3O2/c1-2-11(10-15)9-13(18)16-5-7-17(8-6-16)14(19)12-3-4-12/h11-12H,2-10,15H2,1H3. The first kappa shape index (κ1) is 14.3. The fourth-order valence-corrected chi connectivity index (χ4v) is 2.54. The van der Waals surface area contributed by atoms with E-state index in [2.05, 4.69) is 6.92 Å². The van der Waals surface area contributed by atoms with Crippen LogP contribution in [0.5, 0.6) is 0 Å². The molecule has 2 aliphatic rings. The molecule has 1 saturated carbocycles. The quantitative estimate of drug-likeness (QED) is 0.786. The van der Waals surface area contributed by atoms with Crippen molar-refractivity contribution in [2.24, 2.45) is 17.6 Å². The SMILES string of the molecule is CCC(CN)CC(=O)N1CCN(C(=O)C2CC2)CC1. The number of nitrogens with zero attached hydrogens (tertiary/aromatic N) is 2. The topological polar surface area (TPSA) is 66.6 Å². The van der Waals surface area contributed by atoms with Gasteiger partial charge in [0, 0.05) is 38.5 Å². The molecule has 19 heavy (non-hydrogen) atoms. The van der Waals surface area contributed by atoms with Crippen LogP contribution in [0.4, 0.5) is 0 Å². The van der Waals surface area contributed by atoms with Gasteiger partial charge in [0.05, 0.1) is 0 Å². The fraction of sp³-hybridized carbons (Fsp3) is 0.857. The Morgan fingerprint density at radius 2 is 1.74 bits per heavy atom. The van der Waals surface area contributed by atoms with E-state index < -0.39 is 0 Å². The zero-order chi connectivity index (χ0) is 13.8. The summed E-state index contributed by atoms with van der Waals surface area (Å²) in [5.41, 5.74) is 5.64. The Balaban J connectivity index is 1.75. The van der Waals surface area contributed by atoms with Gasteiger partial charge in [0.2, 0.25) is 11.8 Å². The molecule has 1 heterocycles. The molecule has 0 aromatic heterocycles. The third kappa shape index (κ3) is 3.69. The molecule has 0 bridgehead atoms. The lowest BCUT2D eigenvalue weighted by Crippen LogP contribution is -2.51. The molecule has 1 atom stereocenters. The maximum absolute atomic E-state index is 12.1. The summed E-state index contributed by atoms with van der Waals surface area (Å²) >= 11 is 0. The summed E-state index contributed by atoms with van der Waals surface area (Å²) < 4.78 is 0. The third-order valence-corrected chi connectivity index (χ3v) is 4.24. The van der Waals surface area contributed by atoms with Gasteiger partial charge >= 0.3 is 0 Å². The van der Waals surface area contributed by atoms with E-state index in [1.54, 1.807) is 0 Å². The van der Waals surface area contributed by atoms with Gasteiger partial charge in [0.25, 0.3) is 0 Å². The molecule has 1 aliphatic carbocycles. The highest BCUT2D eigenvalue weighted by Gasteiger charge is 2.35. The summed E-state index contributed by atoms with van der Waals surface area (Å²) in [6.07, 6.45) is 3.59. The number of amides is 2. The van der Waals surface area contributed by atoms with Crippen molar-refractivity contribution < 1.29 is 9.59 Å². The molecular formula is C14H25N3O2. The predicted octanol–water partition coefficient (Wildman–Crippen LogP) is 0.442. The number of nitrogens with two attached hydrogens (primary N) is 1. The van der Waals surface area contributed by atoms with Gasteiger partial charge < -0.3 is 15.5 Å². The van der Waals surface area contributed by atoms with E-state index in [-0.39, 0.29) is 11.8 Å². The Labute approximate surface area is 115 Å². The van der Waals surface area contributed by atoms with Gasteiger partial charge in [-0.1, -0.05) is 13.3 Å². The average molecular weight is 267 g/mol. The van der Waals surface area contributed by atoms with Crippen molar-refractivity contribution >= 4 is 11.8 Å². The fourth-order valence-electron chi connectivity index (χ4n) is 2.54. The minimum Gasteiger partial charge on any atom is -0.339 e. The molecule has 1 aliphatic heterocycles. The first-order chi connectivity index (χ1) is 9.15. The third-order valence-electron chi connectivity index (χ3n) is 4.24. The normalized spacial score (nSPS) is 21.4. The highest BCUT2D eigenvalue weighted by Crippen LogP contribution is 2.31. The van der Waals surface area contributed by atoms with Crippen LogP contribution in [0, 0.1) is 11.8 Å². The van der Waals surface area contributed by atoms with Gasteiger partial charge in [-0.15, -0.1) is 0 Å². The largest absolute Gasteiger partial charge is 0.339 e. The highest BCUT2D eigenvalue weighted by molar-refractivity contribution is 5.81. The summed E-state index contributed by atoms with van der Waals surface area (Å²) in [5, 5.41) is 0. The highest BCUT2D eigenvalue weighted by atomic mass is 16.2. The minimum absolute atomic E-state index is 0.191. The van der Waals surface area contributed by atoms with Crippen molar-refractivity contribution in [1.82, 2.24) is 9.80 Å². The molecule has 0 radical (unpaired) electrons. The number of piperazine rings is 1. The van der Waals surface area contributed by atoms with Crippen LogP contribution < -0.4 is 5.73 Å². The smallest absolute Gasteiger partial charge is 0.225 e.